The minimum Gasteiger partial charge on any atom is -0.494 e. The molecule has 1 saturated carbocycles. The molecular formula is C14H22N4O. The first-order valence-electron chi connectivity index (χ1n) is 6.86. The van der Waals surface area contributed by atoms with Crippen molar-refractivity contribution >= 4 is 11.6 Å². The standard InChI is InChI=1S/C14H22N4O/c1-2-19-13-9-7-12(8-10-13)17-14(18-15)16-11-5-3-4-6-11/h7-11H,2-6,15H2,1H3,(H2,16,17,18). The Morgan fingerprint density at radius 3 is 2.58 bits per heavy atom. The van der Waals surface area contributed by atoms with Gasteiger partial charge in [-0.15, -0.1) is 0 Å². The van der Waals surface area contributed by atoms with E-state index in [2.05, 4.69) is 15.7 Å². The van der Waals surface area contributed by atoms with Gasteiger partial charge in [0.05, 0.1) is 12.6 Å². The largest absolute Gasteiger partial charge is 0.494 e. The Labute approximate surface area is 114 Å². The molecule has 1 aromatic carbocycles. The van der Waals surface area contributed by atoms with E-state index < -0.39 is 0 Å². The van der Waals surface area contributed by atoms with E-state index in [1.165, 1.54) is 12.8 Å². The highest BCUT2D eigenvalue weighted by Gasteiger charge is 2.14. The van der Waals surface area contributed by atoms with Crippen LogP contribution in [0.3, 0.4) is 0 Å². The Bertz CT molecular complexity index is 410. The van der Waals surface area contributed by atoms with Crippen LogP contribution in [0.15, 0.2) is 29.3 Å². The van der Waals surface area contributed by atoms with Crippen LogP contribution in [-0.4, -0.2) is 18.6 Å². The number of ether oxygens (including phenoxy) is 1. The molecule has 5 nitrogen and oxygen atoms in total. The van der Waals surface area contributed by atoms with Gasteiger partial charge in [0.25, 0.3) is 0 Å². The van der Waals surface area contributed by atoms with Crippen molar-refractivity contribution in [3.63, 3.8) is 0 Å². The first-order valence-corrected chi connectivity index (χ1v) is 6.86. The zero-order valence-electron chi connectivity index (χ0n) is 11.4. The zero-order chi connectivity index (χ0) is 13.5. The highest BCUT2D eigenvalue weighted by Crippen LogP contribution is 2.21. The van der Waals surface area contributed by atoms with Crippen molar-refractivity contribution in [3.8, 4) is 5.75 Å². The maximum atomic E-state index is 5.51. The van der Waals surface area contributed by atoms with E-state index >= 15 is 0 Å². The van der Waals surface area contributed by atoms with Crippen molar-refractivity contribution in [2.24, 2.45) is 10.8 Å². The number of hydrogen-bond acceptors (Lipinski definition) is 3. The van der Waals surface area contributed by atoms with Gasteiger partial charge in [-0.25, -0.2) is 10.8 Å². The SMILES string of the molecule is CCOc1ccc(NC(=NC2CCCC2)NN)cc1. The molecule has 0 unspecified atom stereocenters. The van der Waals surface area contributed by atoms with Gasteiger partial charge in [-0.3, -0.25) is 5.43 Å². The minimum absolute atomic E-state index is 0.390. The molecule has 0 aromatic heterocycles. The summed E-state index contributed by atoms with van der Waals surface area (Å²) in [4.78, 5) is 4.59. The number of hydrogen-bond donors (Lipinski definition) is 3. The van der Waals surface area contributed by atoms with Gasteiger partial charge in [-0.05, 0) is 44.0 Å². The summed E-state index contributed by atoms with van der Waals surface area (Å²) >= 11 is 0. The number of nitrogens with zero attached hydrogens (tertiary/aromatic N) is 1. The van der Waals surface area contributed by atoms with Crippen LogP contribution in [0, 0.1) is 0 Å². The molecule has 19 heavy (non-hydrogen) atoms. The highest BCUT2D eigenvalue weighted by molar-refractivity contribution is 5.93. The Balaban J connectivity index is 1.97. The lowest BCUT2D eigenvalue weighted by molar-refractivity contribution is 0.340. The molecule has 4 N–H and O–H groups in total. The van der Waals surface area contributed by atoms with Crippen molar-refractivity contribution in [2.75, 3.05) is 11.9 Å². The summed E-state index contributed by atoms with van der Waals surface area (Å²) in [6.07, 6.45) is 4.82. The van der Waals surface area contributed by atoms with Crippen molar-refractivity contribution < 1.29 is 4.74 Å². The molecule has 0 atom stereocenters. The van der Waals surface area contributed by atoms with Gasteiger partial charge in [0.2, 0.25) is 5.96 Å². The van der Waals surface area contributed by atoms with E-state index in [4.69, 9.17) is 10.6 Å². The second-order valence-corrected chi connectivity index (χ2v) is 4.64. The summed E-state index contributed by atoms with van der Waals surface area (Å²) in [7, 11) is 0. The van der Waals surface area contributed by atoms with Gasteiger partial charge >= 0.3 is 0 Å². The lowest BCUT2D eigenvalue weighted by Gasteiger charge is -2.12. The lowest BCUT2D eigenvalue weighted by atomic mass is 10.3. The second kappa shape index (κ2) is 6.99. The van der Waals surface area contributed by atoms with Gasteiger partial charge in [0, 0.05) is 5.69 Å². The third-order valence-electron chi connectivity index (χ3n) is 3.20. The number of aliphatic imine (C=N–C) groups is 1. The fourth-order valence-electron chi connectivity index (χ4n) is 2.26. The smallest absolute Gasteiger partial charge is 0.210 e. The summed E-state index contributed by atoms with van der Waals surface area (Å²) in [5.74, 6) is 6.99. The van der Waals surface area contributed by atoms with Gasteiger partial charge in [-0.1, -0.05) is 12.8 Å². The van der Waals surface area contributed by atoms with Crippen LogP contribution in [-0.2, 0) is 0 Å². The second-order valence-electron chi connectivity index (χ2n) is 4.64. The molecule has 0 saturated heterocycles. The maximum Gasteiger partial charge on any atom is 0.210 e. The van der Waals surface area contributed by atoms with Crippen LogP contribution in [0.25, 0.3) is 0 Å². The van der Waals surface area contributed by atoms with Crippen LogP contribution in [0.5, 0.6) is 5.75 Å². The first-order chi connectivity index (χ1) is 9.31. The number of hydrazine groups is 1. The molecule has 2 rings (SSSR count). The van der Waals surface area contributed by atoms with Crippen molar-refractivity contribution in [2.45, 2.75) is 38.6 Å². The van der Waals surface area contributed by atoms with Crippen LogP contribution in [0.1, 0.15) is 32.6 Å². The molecule has 1 aliphatic rings. The quantitative estimate of drug-likeness (QED) is 0.337. The third kappa shape index (κ3) is 4.13. The molecular weight excluding hydrogens is 240 g/mol. The predicted octanol–water partition coefficient (Wildman–Crippen LogP) is 2.26. The number of rotatable bonds is 4. The average Bonchev–Trinajstić information content (AvgIpc) is 2.93. The molecule has 0 aliphatic heterocycles. The fraction of sp³-hybridized carbons (Fsp3) is 0.500. The predicted molar refractivity (Wildman–Crippen MR) is 78.2 cm³/mol. The molecule has 5 heteroatoms. The number of benzene rings is 1. The molecule has 0 heterocycles. The number of anilines is 1. The van der Waals surface area contributed by atoms with Crippen molar-refractivity contribution in [1.29, 1.82) is 0 Å². The average molecular weight is 262 g/mol. The van der Waals surface area contributed by atoms with Gasteiger partial charge in [0.15, 0.2) is 0 Å². The first kappa shape index (κ1) is 13.7. The van der Waals surface area contributed by atoms with E-state index in [-0.39, 0.29) is 0 Å². The molecule has 1 aromatic rings. The van der Waals surface area contributed by atoms with Crippen LogP contribution in [0.4, 0.5) is 5.69 Å². The van der Waals surface area contributed by atoms with E-state index in [0.717, 1.165) is 24.3 Å². The Morgan fingerprint density at radius 2 is 2.00 bits per heavy atom. The summed E-state index contributed by atoms with van der Waals surface area (Å²) in [6, 6.07) is 8.14. The molecule has 1 aliphatic carbocycles. The maximum absolute atomic E-state index is 5.51. The minimum atomic E-state index is 0.390. The fourth-order valence-corrected chi connectivity index (χ4v) is 2.26. The normalized spacial score (nSPS) is 16.4. The molecule has 104 valence electrons. The Kier molecular flexibility index (Phi) is 5.03. The van der Waals surface area contributed by atoms with Crippen molar-refractivity contribution in [1.82, 2.24) is 5.43 Å². The van der Waals surface area contributed by atoms with Crippen LogP contribution < -0.4 is 21.3 Å². The monoisotopic (exact) mass is 262 g/mol. The van der Waals surface area contributed by atoms with Crippen molar-refractivity contribution in [3.05, 3.63) is 24.3 Å². The lowest BCUT2D eigenvalue weighted by Crippen LogP contribution is -2.37. The zero-order valence-corrected chi connectivity index (χ0v) is 11.4. The van der Waals surface area contributed by atoms with Crippen LogP contribution in [0.2, 0.25) is 0 Å². The molecule has 1 fully saturated rings. The highest BCUT2D eigenvalue weighted by atomic mass is 16.5. The summed E-state index contributed by atoms with van der Waals surface area (Å²) in [5.41, 5.74) is 3.57. The Hall–Kier alpha value is -1.75. The molecule has 0 radical (unpaired) electrons. The topological polar surface area (TPSA) is 71.7 Å². The van der Waals surface area contributed by atoms with Gasteiger partial charge < -0.3 is 10.1 Å². The summed E-state index contributed by atoms with van der Waals surface area (Å²) in [5, 5.41) is 3.18. The number of nitrogens with one attached hydrogen (secondary N) is 2. The van der Waals surface area contributed by atoms with E-state index in [0.29, 0.717) is 18.6 Å². The summed E-state index contributed by atoms with van der Waals surface area (Å²) in [6.45, 7) is 2.64. The molecule has 0 bridgehead atoms. The number of nitrogens with two attached hydrogens (primary N) is 1. The van der Waals surface area contributed by atoms with E-state index in [1.807, 2.05) is 31.2 Å². The summed E-state index contributed by atoms with van der Waals surface area (Å²) < 4.78 is 5.40. The molecule has 0 amide bonds. The van der Waals surface area contributed by atoms with E-state index in [1.54, 1.807) is 0 Å². The Morgan fingerprint density at radius 1 is 1.32 bits per heavy atom. The van der Waals surface area contributed by atoms with Gasteiger partial charge in [0.1, 0.15) is 5.75 Å². The van der Waals surface area contributed by atoms with E-state index in [9.17, 15) is 0 Å². The van der Waals surface area contributed by atoms with Gasteiger partial charge in [-0.2, -0.15) is 0 Å². The number of guanidine groups is 1. The third-order valence-corrected chi connectivity index (χ3v) is 3.20. The van der Waals surface area contributed by atoms with Crippen LogP contribution >= 0.6 is 0 Å². The molecule has 0 spiro atoms.